The number of H-pyrrole nitrogens is 1. The van der Waals surface area contributed by atoms with E-state index in [1.807, 2.05) is 12.3 Å². The first-order valence-electron chi connectivity index (χ1n) is 11.0. The third-order valence-electron chi connectivity index (χ3n) is 6.14. The average molecular weight is 409 g/mol. The summed E-state index contributed by atoms with van der Waals surface area (Å²) in [5, 5.41) is 3.50. The average Bonchev–Trinajstić information content (AvgIpc) is 3.34. The maximum atomic E-state index is 4.77. The lowest BCUT2D eigenvalue weighted by Crippen LogP contribution is -2.46. The molecule has 4 heteroatoms. The molecule has 4 aromatic rings. The Labute approximate surface area is 184 Å². The van der Waals surface area contributed by atoms with Crippen LogP contribution in [0.1, 0.15) is 28.8 Å². The van der Waals surface area contributed by atoms with Crippen molar-refractivity contribution in [2.75, 3.05) is 26.2 Å². The van der Waals surface area contributed by atoms with Crippen molar-refractivity contribution in [2.45, 2.75) is 12.0 Å². The normalized spacial score (nSPS) is 15.8. The van der Waals surface area contributed by atoms with Gasteiger partial charge >= 0.3 is 0 Å². The van der Waals surface area contributed by atoms with Crippen LogP contribution < -0.4 is 5.32 Å². The maximum absolute atomic E-state index is 4.77. The van der Waals surface area contributed by atoms with Crippen LogP contribution in [0.5, 0.6) is 0 Å². The van der Waals surface area contributed by atoms with Crippen molar-refractivity contribution >= 4 is 0 Å². The molecule has 0 amide bonds. The van der Waals surface area contributed by atoms with E-state index in [4.69, 9.17) is 4.98 Å². The van der Waals surface area contributed by atoms with Crippen molar-refractivity contribution in [3.63, 3.8) is 0 Å². The summed E-state index contributed by atoms with van der Waals surface area (Å²) in [5.41, 5.74) is 4.93. The van der Waals surface area contributed by atoms with E-state index in [-0.39, 0.29) is 12.0 Å². The van der Waals surface area contributed by atoms with E-state index >= 15 is 0 Å². The molecular formula is C27H28N4. The molecule has 0 bridgehead atoms. The predicted molar refractivity (Wildman–Crippen MR) is 126 cm³/mol. The molecular weight excluding hydrogens is 380 g/mol. The number of nitrogens with zero attached hydrogens (tertiary/aromatic N) is 2. The fourth-order valence-electron chi connectivity index (χ4n) is 4.65. The Balaban J connectivity index is 1.62. The minimum absolute atomic E-state index is 0.178. The SMILES string of the molecule is c1ccc(-c2ncc(C(C(c3ccccc3)c3ccccc3)N3CCNCC3)[nH]2)cc1. The molecule has 1 unspecified atom stereocenters. The van der Waals surface area contributed by atoms with Crippen molar-refractivity contribution < 1.29 is 0 Å². The van der Waals surface area contributed by atoms with Crippen LogP contribution in [-0.4, -0.2) is 41.0 Å². The van der Waals surface area contributed by atoms with Gasteiger partial charge in [-0.15, -0.1) is 0 Å². The van der Waals surface area contributed by atoms with Crippen molar-refractivity contribution in [2.24, 2.45) is 0 Å². The number of rotatable bonds is 6. The number of nitrogens with one attached hydrogen (secondary N) is 2. The zero-order chi connectivity index (χ0) is 20.9. The van der Waals surface area contributed by atoms with Gasteiger partial charge in [-0.3, -0.25) is 4.90 Å². The molecule has 3 aromatic carbocycles. The van der Waals surface area contributed by atoms with Crippen LogP contribution in [0.25, 0.3) is 11.4 Å². The molecule has 1 saturated heterocycles. The van der Waals surface area contributed by atoms with Gasteiger partial charge < -0.3 is 10.3 Å². The van der Waals surface area contributed by atoms with E-state index in [0.717, 1.165) is 37.6 Å². The largest absolute Gasteiger partial charge is 0.341 e. The van der Waals surface area contributed by atoms with Crippen molar-refractivity contribution in [3.05, 3.63) is 114 Å². The molecule has 1 atom stereocenters. The van der Waals surface area contributed by atoms with Gasteiger partial charge in [0.25, 0.3) is 0 Å². The van der Waals surface area contributed by atoms with Crippen LogP contribution >= 0.6 is 0 Å². The zero-order valence-electron chi connectivity index (χ0n) is 17.6. The summed E-state index contributed by atoms with van der Waals surface area (Å²) in [5.74, 6) is 1.14. The zero-order valence-corrected chi connectivity index (χ0v) is 17.6. The molecule has 0 aliphatic carbocycles. The number of benzene rings is 3. The van der Waals surface area contributed by atoms with E-state index in [1.165, 1.54) is 16.8 Å². The van der Waals surface area contributed by atoms with Crippen LogP contribution in [0.4, 0.5) is 0 Å². The van der Waals surface area contributed by atoms with Gasteiger partial charge in [-0.05, 0) is 11.1 Å². The molecule has 31 heavy (non-hydrogen) atoms. The summed E-state index contributed by atoms with van der Waals surface area (Å²) in [6, 6.07) is 32.3. The van der Waals surface area contributed by atoms with Gasteiger partial charge in [-0.2, -0.15) is 0 Å². The van der Waals surface area contributed by atoms with Crippen LogP contribution in [0.3, 0.4) is 0 Å². The third-order valence-corrected chi connectivity index (χ3v) is 6.14. The summed E-state index contributed by atoms with van der Waals surface area (Å²) < 4.78 is 0. The minimum Gasteiger partial charge on any atom is -0.341 e. The molecule has 2 heterocycles. The third kappa shape index (κ3) is 4.31. The van der Waals surface area contributed by atoms with E-state index < -0.39 is 0 Å². The fourth-order valence-corrected chi connectivity index (χ4v) is 4.65. The highest BCUT2D eigenvalue weighted by Crippen LogP contribution is 2.40. The highest BCUT2D eigenvalue weighted by atomic mass is 15.2. The van der Waals surface area contributed by atoms with Gasteiger partial charge in [0.1, 0.15) is 5.82 Å². The van der Waals surface area contributed by atoms with E-state index in [1.54, 1.807) is 0 Å². The second-order valence-electron chi connectivity index (χ2n) is 8.08. The van der Waals surface area contributed by atoms with Gasteiger partial charge in [-0.25, -0.2) is 4.98 Å². The standard InChI is InChI=1S/C27H28N4/c1-4-10-21(11-5-1)25(22-12-6-2-7-13-22)26(31-18-16-28-17-19-31)24-20-29-27(30-24)23-14-8-3-9-15-23/h1-15,20,25-26,28H,16-19H2,(H,29,30). The summed E-state index contributed by atoms with van der Waals surface area (Å²) in [4.78, 5) is 11.0. The Hall–Kier alpha value is -3.21. The van der Waals surface area contributed by atoms with Crippen molar-refractivity contribution in [3.8, 4) is 11.4 Å². The van der Waals surface area contributed by atoms with Crippen LogP contribution in [0.2, 0.25) is 0 Å². The molecule has 0 spiro atoms. The molecule has 1 aromatic heterocycles. The minimum atomic E-state index is 0.178. The topological polar surface area (TPSA) is 44.0 Å². The smallest absolute Gasteiger partial charge is 0.137 e. The highest BCUT2D eigenvalue weighted by Gasteiger charge is 2.33. The van der Waals surface area contributed by atoms with E-state index in [9.17, 15) is 0 Å². The Morgan fingerprint density at radius 2 is 1.26 bits per heavy atom. The van der Waals surface area contributed by atoms with Crippen LogP contribution in [0, 0.1) is 0 Å². The van der Waals surface area contributed by atoms with Gasteiger partial charge in [0.2, 0.25) is 0 Å². The lowest BCUT2D eigenvalue weighted by atomic mass is 9.82. The van der Waals surface area contributed by atoms with Crippen LogP contribution in [0.15, 0.2) is 97.2 Å². The molecule has 2 N–H and O–H groups in total. The maximum Gasteiger partial charge on any atom is 0.137 e. The van der Waals surface area contributed by atoms with E-state index in [0.29, 0.717) is 0 Å². The second kappa shape index (κ2) is 9.29. The van der Waals surface area contributed by atoms with Crippen molar-refractivity contribution in [1.82, 2.24) is 20.2 Å². The van der Waals surface area contributed by atoms with Crippen molar-refractivity contribution in [1.29, 1.82) is 0 Å². The first kappa shape index (κ1) is 19.7. The molecule has 0 saturated carbocycles. The fraction of sp³-hybridized carbons (Fsp3) is 0.222. The Kier molecular flexibility index (Phi) is 5.92. The van der Waals surface area contributed by atoms with Gasteiger partial charge in [0.05, 0.1) is 17.9 Å². The molecule has 5 rings (SSSR count). The first-order chi connectivity index (χ1) is 15.4. The highest BCUT2D eigenvalue weighted by molar-refractivity contribution is 5.55. The Morgan fingerprint density at radius 3 is 1.84 bits per heavy atom. The number of aromatic amines is 1. The molecule has 0 radical (unpaired) electrons. The van der Waals surface area contributed by atoms with E-state index in [2.05, 4.69) is 100 Å². The van der Waals surface area contributed by atoms with Gasteiger partial charge in [0, 0.05) is 37.7 Å². The monoisotopic (exact) mass is 408 g/mol. The molecule has 156 valence electrons. The lowest BCUT2D eigenvalue weighted by molar-refractivity contribution is 0.157. The summed E-state index contributed by atoms with van der Waals surface area (Å²) in [6.07, 6.45) is 2.04. The summed E-state index contributed by atoms with van der Waals surface area (Å²) in [6.45, 7) is 4.04. The quantitative estimate of drug-likeness (QED) is 0.479. The molecule has 1 aliphatic rings. The van der Waals surface area contributed by atoms with Gasteiger partial charge in [-0.1, -0.05) is 91.0 Å². The lowest BCUT2D eigenvalue weighted by Gasteiger charge is -2.39. The number of hydrogen-bond acceptors (Lipinski definition) is 3. The summed E-state index contributed by atoms with van der Waals surface area (Å²) in [7, 11) is 0. The first-order valence-corrected chi connectivity index (χ1v) is 11.0. The number of imidazole rings is 1. The summed E-state index contributed by atoms with van der Waals surface area (Å²) >= 11 is 0. The number of hydrogen-bond donors (Lipinski definition) is 2. The van der Waals surface area contributed by atoms with Crippen LogP contribution in [-0.2, 0) is 0 Å². The molecule has 1 aliphatic heterocycles. The van der Waals surface area contributed by atoms with Gasteiger partial charge in [0.15, 0.2) is 0 Å². The molecule has 1 fully saturated rings. The second-order valence-corrected chi connectivity index (χ2v) is 8.08. The number of piperazine rings is 1. The molecule has 4 nitrogen and oxygen atoms in total. The predicted octanol–water partition coefficient (Wildman–Crippen LogP) is 4.86. The Bertz CT molecular complexity index is 1030. The Morgan fingerprint density at radius 1 is 0.710 bits per heavy atom. The number of aromatic nitrogens is 2.